The molecule has 0 saturated carbocycles. The summed E-state index contributed by atoms with van der Waals surface area (Å²) in [4.78, 5) is 0. The van der Waals surface area contributed by atoms with Crippen LogP contribution in [0.2, 0.25) is 0 Å². The van der Waals surface area contributed by atoms with Crippen LogP contribution in [-0.4, -0.2) is 6.17 Å². The van der Waals surface area contributed by atoms with Gasteiger partial charge >= 0.3 is 0 Å². The minimum absolute atomic E-state index is 0.177. The normalized spacial score (nSPS) is 18.2. The number of hydrogen-bond acceptors (Lipinski definition) is 0. The lowest BCUT2D eigenvalue weighted by molar-refractivity contribution is 0.184. The van der Waals surface area contributed by atoms with Gasteiger partial charge in [0.05, 0.1) is 0 Å². The molecule has 0 aliphatic carbocycles. The summed E-state index contributed by atoms with van der Waals surface area (Å²) in [6.07, 6.45) is 3.91. The molecule has 0 aromatic heterocycles. The first-order chi connectivity index (χ1) is 6.49. The van der Waals surface area contributed by atoms with Gasteiger partial charge in [0.25, 0.3) is 0 Å². The Morgan fingerprint density at radius 1 is 1.00 bits per heavy atom. The molecule has 0 aliphatic heterocycles. The molecule has 0 aromatic carbocycles. The second-order valence-electron chi connectivity index (χ2n) is 5.09. The summed E-state index contributed by atoms with van der Waals surface area (Å²) in [5.74, 6) is 1.38. The monoisotopic (exact) mass is 202 g/mol. The van der Waals surface area contributed by atoms with Crippen LogP contribution in [-0.2, 0) is 0 Å². The summed E-state index contributed by atoms with van der Waals surface area (Å²) in [5.41, 5.74) is 0. The predicted molar refractivity (Wildman–Crippen MR) is 62.2 cm³/mol. The van der Waals surface area contributed by atoms with Crippen molar-refractivity contribution in [1.82, 2.24) is 0 Å². The van der Waals surface area contributed by atoms with Gasteiger partial charge in [-0.25, -0.2) is 4.39 Å². The minimum Gasteiger partial charge on any atom is -0.247 e. The van der Waals surface area contributed by atoms with Crippen molar-refractivity contribution in [2.75, 3.05) is 0 Å². The molecule has 0 heterocycles. The Bertz CT molecular complexity index is 131. The van der Waals surface area contributed by atoms with Crippen molar-refractivity contribution in [2.45, 2.75) is 66.5 Å². The lowest BCUT2D eigenvalue weighted by atomic mass is 9.85. The lowest BCUT2D eigenvalue weighted by Crippen LogP contribution is -2.18. The van der Waals surface area contributed by atoms with E-state index in [0.29, 0.717) is 11.8 Å². The zero-order chi connectivity index (χ0) is 11.1. The van der Waals surface area contributed by atoms with E-state index in [4.69, 9.17) is 0 Å². The van der Waals surface area contributed by atoms with Crippen LogP contribution in [0.1, 0.15) is 60.3 Å². The van der Waals surface area contributed by atoms with Gasteiger partial charge in [0.2, 0.25) is 0 Å². The molecule has 0 nitrogen and oxygen atoms in total. The molecule has 0 aromatic rings. The maximum atomic E-state index is 13.5. The highest BCUT2D eigenvalue weighted by atomic mass is 19.1. The SMILES string of the molecule is CCCCC(C)C(C)CC(F)C(C)C. The van der Waals surface area contributed by atoms with Gasteiger partial charge in [-0.15, -0.1) is 0 Å². The van der Waals surface area contributed by atoms with Crippen LogP contribution >= 0.6 is 0 Å². The van der Waals surface area contributed by atoms with E-state index >= 15 is 0 Å². The Kier molecular flexibility index (Phi) is 7.22. The largest absolute Gasteiger partial charge is 0.247 e. The smallest absolute Gasteiger partial charge is 0.103 e. The van der Waals surface area contributed by atoms with Gasteiger partial charge in [0, 0.05) is 0 Å². The molecule has 1 heteroatoms. The Balaban J connectivity index is 3.76. The third-order valence-corrected chi connectivity index (χ3v) is 3.30. The second-order valence-corrected chi connectivity index (χ2v) is 5.09. The van der Waals surface area contributed by atoms with E-state index in [9.17, 15) is 4.39 Å². The van der Waals surface area contributed by atoms with Gasteiger partial charge in [-0.3, -0.25) is 0 Å². The second kappa shape index (κ2) is 7.25. The first kappa shape index (κ1) is 13.9. The van der Waals surface area contributed by atoms with Crippen LogP contribution in [0.3, 0.4) is 0 Å². The molecule has 86 valence electrons. The van der Waals surface area contributed by atoms with Crippen LogP contribution in [0.25, 0.3) is 0 Å². The first-order valence-corrected chi connectivity index (χ1v) is 6.13. The quantitative estimate of drug-likeness (QED) is 0.554. The Morgan fingerprint density at radius 2 is 1.57 bits per heavy atom. The van der Waals surface area contributed by atoms with Crippen molar-refractivity contribution in [3.05, 3.63) is 0 Å². The number of hydrogen-bond donors (Lipinski definition) is 0. The molecule has 0 bridgehead atoms. The molecule has 0 aliphatic rings. The fraction of sp³-hybridized carbons (Fsp3) is 1.00. The number of unbranched alkanes of at least 4 members (excludes halogenated alkanes) is 1. The summed E-state index contributed by atoms with van der Waals surface area (Å²) in [6, 6.07) is 0. The van der Waals surface area contributed by atoms with E-state index in [1.54, 1.807) is 0 Å². The van der Waals surface area contributed by atoms with Crippen molar-refractivity contribution in [2.24, 2.45) is 17.8 Å². The van der Waals surface area contributed by atoms with Crippen LogP contribution in [0.4, 0.5) is 4.39 Å². The van der Waals surface area contributed by atoms with Gasteiger partial charge < -0.3 is 0 Å². The Labute approximate surface area is 89.3 Å². The molecule has 3 atom stereocenters. The van der Waals surface area contributed by atoms with E-state index in [2.05, 4.69) is 20.8 Å². The van der Waals surface area contributed by atoms with Gasteiger partial charge in [-0.1, -0.05) is 53.9 Å². The molecule has 0 N–H and O–H groups in total. The van der Waals surface area contributed by atoms with Crippen LogP contribution in [0.5, 0.6) is 0 Å². The average Bonchev–Trinajstić information content (AvgIpc) is 2.13. The summed E-state index contributed by atoms with van der Waals surface area (Å²) >= 11 is 0. The average molecular weight is 202 g/mol. The van der Waals surface area contributed by atoms with Gasteiger partial charge in [0.15, 0.2) is 0 Å². The molecule has 0 rings (SSSR count). The summed E-state index contributed by atoms with van der Waals surface area (Å²) < 4.78 is 13.5. The van der Waals surface area contributed by atoms with Gasteiger partial charge in [0.1, 0.15) is 6.17 Å². The van der Waals surface area contributed by atoms with Crippen LogP contribution in [0.15, 0.2) is 0 Å². The number of rotatable bonds is 7. The van der Waals surface area contributed by atoms with Crippen molar-refractivity contribution in [3.63, 3.8) is 0 Å². The number of alkyl halides is 1. The van der Waals surface area contributed by atoms with Crippen LogP contribution in [0, 0.1) is 17.8 Å². The molecule has 3 unspecified atom stereocenters. The zero-order valence-corrected chi connectivity index (χ0v) is 10.5. The molecule has 0 fully saturated rings. The molecule has 0 saturated heterocycles. The number of halogens is 1. The highest BCUT2D eigenvalue weighted by Gasteiger charge is 2.19. The zero-order valence-electron chi connectivity index (χ0n) is 10.5. The molecular weight excluding hydrogens is 175 g/mol. The molecule has 0 amide bonds. The van der Waals surface area contributed by atoms with E-state index in [1.807, 2.05) is 13.8 Å². The highest BCUT2D eigenvalue weighted by molar-refractivity contribution is 4.69. The van der Waals surface area contributed by atoms with Crippen LogP contribution < -0.4 is 0 Å². The lowest BCUT2D eigenvalue weighted by Gasteiger charge is -2.23. The third-order valence-electron chi connectivity index (χ3n) is 3.30. The van der Waals surface area contributed by atoms with E-state index < -0.39 is 6.17 Å². The Hall–Kier alpha value is -0.0700. The van der Waals surface area contributed by atoms with E-state index in [1.165, 1.54) is 19.3 Å². The van der Waals surface area contributed by atoms with Crippen molar-refractivity contribution in [3.8, 4) is 0 Å². The highest BCUT2D eigenvalue weighted by Crippen LogP contribution is 2.25. The standard InChI is InChI=1S/C13H27F/c1-6-7-8-11(4)12(5)9-13(14)10(2)3/h10-13H,6-9H2,1-5H3. The predicted octanol–water partition coefficient (Wildman–Crippen LogP) is 4.83. The van der Waals surface area contributed by atoms with Gasteiger partial charge in [-0.2, -0.15) is 0 Å². The molecular formula is C13H27F. The molecule has 0 radical (unpaired) electrons. The van der Waals surface area contributed by atoms with E-state index in [-0.39, 0.29) is 5.92 Å². The fourth-order valence-electron chi connectivity index (χ4n) is 1.67. The topological polar surface area (TPSA) is 0 Å². The maximum Gasteiger partial charge on any atom is 0.103 e. The Morgan fingerprint density at radius 3 is 2.00 bits per heavy atom. The fourth-order valence-corrected chi connectivity index (χ4v) is 1.67. The molecule has 0 spiro atoms. The summed E-state index contributed by atoms with van der Waals surface area (Å²) in [7, 11) is 0. The van der Waals surface area contributed by atoms with Crippen molar-refractivity contribution >= 4 is 0 Å². The van der Waals surface area contributed by atoms with Gasteiger partial charge in [-0.05, 0) is 24.2 Å². The van der Waals surface area contributed by atoms with E-state index in [0.717, 1.165) is 6.42 Å². The first-order valence-electron chi connectivity index (χ1n) is 6.13. The minimum atomic E-state index is -0.617. The van der Waals surface area contributed by atoms with Crippen molar-refractivity contribution in [1.29, 1.82) is 0 Å². The maximum absolute atomic E-state index is 13.5. The molecule has 14 heavy (non-hydrogen) atoms. The van der Waals surface area contributed by atoms with Crippen molar-refractivity contribution < 1.29 is 4.39 Å². The summed E-state index contributed by atoms with van der Waals surface area (Å²) in [6.45, 7) is 10.6. The third kappa shape index (κ3) is 5.62. The summed E-state index contributed by atoms with van der Waals surface area (Å²) in [5, 5.41) is 0.